The maximum atomic E-state index is 5.94. The lowest BCUT2D eigenvalue weighted by Gasteiger charge is -2.06. The average molecular weight is 331 g/mol. The van der Waals surface area contributed by atoms with Gasteiger partial charge in [-0.05, 0) is 12.1 Å². The van der Waals surface area contributed by atoms with Crippen LogP contribution in [0.1, 0.15) is 24.5 Å². The minimum absolute atomic E-state index is 0.427. The molecule has 2 aromatic rings. The zero-order valence-corrected chi connectivity index (χ0v) is 13.6. The summed E-state index contributed by atoms with van der Waals surface area (Å²) in [5, 5.41) is 7.42. The molecule has 0 aliphatic rings. The first-order valence-electron chi connectivity index (χ1n) is 6.29. The zero-order valence-electron chi connectivity index (χ0n) is 11.3. The molecule has 0 aliphatic heterocycles. The van der Waals surface area contributed by atoms with Crippen LogP contribution in [0.25, 0.3) is 0 Å². The van der Waals surface area contributed by atoms with Gasteiger partial charge in [-0.2, -0.15) is 0 Å². The molecule has 108 valence electrons. The van der Waals surface area contributed by atoms with E-state index < -0.39 is 0 Å². The van der Waals surface area contributed by atoms with E-state index in [2.05, 4.69) is 24.1 Å². The number of thiazole rings is 1. The van der Waals surface area contributed by atoms with Gasteiger partial charge in [0.2, 0.25) is 0 Å². The molecule has 20 heavy (non-hydrogen) atoms. The first kappa shape index (κ1) is 15.6. The van der Waals surface area contributed by atoms with E-state index in [4.69, 9.17) is 27.9 Å². The monoisotopic (exact) mass is 330 g/mol. The highest BCUT2D eigenvalue weighted by atomic mass is 35.5. The molecular formula is C14H16Cl2N2OS. The lowest BCUT2D eigenvalue weighted by Crippen LogP contribution is -2.21. The van der Waals surface area contributed by atoms with Gasteiger partial charge < -0.3 is 10.1 Å². The SMILES string of the molecule is CC(C)NCc1nc(COc2ccc(Cl)c(Cl)c2)cs1. The van der Waals surface area contributed by atoms with Crippen LogP contribution in [0.2, 0.25) is 10.0 Å². The van der Waals surface area contributed by atoms with Crippen molar-refractivity contribution in [3.63, 3.8) is 0 Å². The number of halogens is 2. The van der Waals surface area contributed by atoms with E-state index in [9.17, 15) is 0 Å². The Bertz CT molecular complexity index is 572. The minimum atomic E-state index is 0.427. The molecule has 0 saturated heterocycles. The molecule has 1 aromatic heterocycles. The fourth-order valence-electron chi connectivity index (χ4n) is 1.51. The van der Waals surface area contributed by atoms with Crippen molar-refractivity contribution < 1.29 is 4.74 Å². The lowest BCUT2D eigenvalue weighted by molar-refractivity contribution is 0.302. The van der Waals surface area contributed by atoms with Crippen LogP contribution in [-0.4, -0.2) is 11.0 Å². The van der Waals surface area contributed by atoms with Gasteiger partial charge >= 0.3 is 0 Å². The number of hydrogen-bond acceptors (Lipinski definition) is 4. The molecule has 0 spiro atoms. The summed E-state index contributed by atoms with van der Waals surface area (Å²) in [7, 11) is 0. The van der Waals surface area contributed by atoms with Gasteiger partial charge in [0, 0.05) is 24.0 Å². The molecule has 1 aromatic carbocycles. The van der Waals surface area contributed by atoms with Crippen LogP contribution in [0.3, 0.4) is 0 Å². The fourth-order valence-corrected chi connectivity index (χ4v) is 2.53. The molecule has 0 atom stereocenters. The summed E-state index contributed by atoms with van der Waals surface area (Å²) in [5.74, 6) is 0.689. The minimum Gasteiger partial charge on any atom is -0.487 e. The van der Waals surface area contributed by atoms with E-state index in [1.54, 1.807) is 29.5 Å². The Morgan fingerprint density at radius 1 is 1.30 bits per heavy atom. The van der Waals surface area contributed by atoms with Gasteiger partial charge in [-0.1, -0.05) is 37.0 Å². The van der Waals surface area contributed by atoms with Crippen molar-refractivity contribution in [2.24, 2.45) is 0 Å². The van der Waals surface area contributed by atoms with E-state index in [1.807, 2.05) is 5.38 Å². The average Bonchev–Trinajstić information content (AvgIpc) is 2.86. The molecule has 2 rings (SSSR count). The Morgan fingerprint density at radius 2 is 2.10 bits per heavy atom. The Labute approximate surface area is 132 Å². The highest BCUT2D eigenvalue weighted by Gasteiger charge is 2.05. The number of nitrogens with one attached hydrogen (secondary N) is 1. The van der Waals surface area contributed by atoms with Gasteiger partial charge in [0.25, 0.3) is 0 Å². The number of nitrogens with zero attached hydrogens (tertiary/aromatic N) is 1. The Morgan fingerprint density at radius 3 is 2.80 bits per heavy atom. The van der Waals surface area contributed by atoms with Crippen LogP contribution in [0.5, 0.6) is 5.75 Å². The molecule has 0 bridgehead atoms. The second kappa shape index (κ2) is 7.27. The molecule has 3 nitrogen and oxygen atoms in total. The third kappa shape index (κ3) is 4.63. The fraction of sp³-hybridized carbons (Fsp3) is 0.357. The van der Waals surface area contributed by atoms with Gasteiger partial charge in [-0.25, -0.2) is 4.98 Å². The van der Waals surface area contributed by atoms with E-state index in [0.29, 0.717) is 28.4 Å². The quantitative estimate of drug-likeness (QED) is 0.845. The molecule has 1 N–H and O–H groups in total. The highest BCUT2D eigenvalue weighted by molar-refractivity contribution is 7.09. The maximum Gasteiger partial charge on any atom is 0.131 e. The van der Waals surface area contributed by atoms with Crippen LogP contribution in [-0.2, 0) is 13.2 Å². The topological polar surface area (TPSA) is 34.2 Å². The van der Waals surface area contributed by atoms with Gasteiger partial charge in [0.05, 0.1) is 15.7 Å². The first-order chi connectivity index (χ1) is 9.54. The lowest BCUT2D eigenvalue weighted by atomic mass is 10.3. The van der Waals surface area contributed by atoms with Gasteiger partial charge in [0.1, 0.15) is 17.4 Å². The standard InChI is InChI=1S/C14H16Cl2N2OS/c1-9(2)17-6-14-18-10(8-20-14)7-19-11-3-4-12(15)13(16)5-11/h3-5,8-9,17H,6-7H2,1-2H3. The second-order valence-corrected chi connectivity index (χ2v) is 6.39. The van der Waals surface area contributed by atoms with Crippen molar-refractivity contribution in [2.45, 2.75) is 33.0 Å². The normalized spacial score (nSPS) is 11.1. The second-order valence-electron chi connectivity index (χ2n) is 4.63. The summed E-state index contributed by atoms with van der Waals surface area (Å²) in [5.41, 5.74) is 0.918. The van der Waals surface area contributed by atoms with Crippen LogP contribution in [0, 0.1) is 0 Å². The summed E-state index contributed by atoms with van der Waals surface area (Å²) < 4.78 is 5.65. The molecule has 0 fully saturated rings. The number of ether oxygens (including phenoxy) is 1. The summed E-state index contributed by atoms with van der Waals surface area (Å²) in [6, 6.07) is 5.67. The molecule has 0 amide bonds. The van der Waals surface area contributed by atoms with Crippen LogP contribution >= 0.6 is 34.5 Å². The van der Waals surface area contributed by atoms with Crippen LogP contribution in [0.15, 0.2) is 23.6 Å². The molecule has 0 radical (unpaired) electrons. The summed E-state index contributed by atoms with van der Waals surface area (Å²) in [6.45, 7) is 5.44. The van der Waals surface area contributed by atoms with Crippen molar-refractivity contribution in [3.8, 4) is 5.75 Å². The molecule has 1 heterocycles. The number of aromatic nitrogens is 1. The number of benzene rings is 1. The molecule has 0 unspecified atom stereocenters. The summed E-state index contributed by atoms with van der Waals surface area (Å²) >= 11 is 13.4. The van der Waals surface area contributed by atoms with Crippen LogP contribution < -0.4 is 10.1 Å². The Hall–Kier alpha value is -0.810. The summed E-state index contributed by atoms with van der Waals surface area (Å²) in [6.07, 6.45) is 0. The van der Waals surface area contributed by atoms with Crippen molar-refractivity contribution in [3.05, 3.63) is 44.3 Å². The molecule has 0 aliphatic carbocycles. The van der Waals surface area contributed by atoms with E-state index in [0.717, 1.165) is 17.2 Å². The van der Waals surface area contributed by atoms with Crippen molar-refractivity contribution >= 4 is 34.5 Å². The molecule has 6 heteroatoms. The van der Waals surface area contributed by atoms with Crippen molar-refractivity contribution in [2.75, 3.05) is 0 Å². The largest absolute Gasteiger partial charge is 0.487 e. The Kier molecular flexibility index (Phi) is 5.66. The number of hydrogen-bond donors (Lipinski definition) is 1. The Balaban J connectivity index is 1.89. The molecule has 0 saturated carbocycles. The van der Waals surface area contributed by atoms with Gasteiger partial charge in [-0.15, -0.1) is 11.3 Å². The predicted octanol–water partition coefficient (Wildman–Crippen LogP) is 4.53. The third-order valence-electron chi connectivity index (χ3n) is 2.54. The number of rotatable bonds is 6. The highest BCUT2D eigenvalue weighted by Crippen LogP contribution is 2.26. The van der Waals surface area contributed by atoms with Crippen LogP contribution in [0.4, 0.5) is 0 Å². The maximum absolute atomic E-state index is 5.94. The van der Waals surface area contributed by atoms with Crippen molar-refractivity contribution in [1.82, 2.24) is 10.3 Å². The summed E-state index contributed by atoms with van der Waals surface area (Å²) in [4.78, 5) is 4.51. The smallest absolute Gasteiger partial charge is 0.131 e. The molecular weight excluding hydrogens is 315 g/mol. The van der Waals surface area contributed by atoms with E-state index >= 15 is 0 Å². The van der Waals surface area contributed by atoms with E-state index in [-0.39, 0.29) is 0 Å². The van der Waals surface area contributed by atoms with E-state index in [1.165, 1.54) is 0 Å². The van der Waals surface area contributed by atoms with Crippen molar-refractivity contribution in [1.29, 1.82) is 0 Å². The zero-order chi connectivity index (χ0) is 14.5. The van der Waals surface area contributed by atoms with Gasteiger partial charge in [-0.3, -0.25) is 0 Å². The predicted molar refractivity (Wildman–Crippen MR) is 84.9 cm³/mol. The third-order valence-corrected chi connectivity index (χ3v) is 4.18. The first-order valence-corrected chi connectivity index (χ1v) is 7.92. The van der Waals surface area contributed by atoms with Gasteiger partial charge in [0.15, 0.2) is 0 Å².